The van der Waals surface area contributed by atoms with Crippen LogP contribution in [0, 0.1) is 5.92 Å². The van der Waals surface area contributed by atoms with Gasteiger partial charge in [0.1, 0.15) is 11.5 Å². The SMILES string of the molecule is COc1cc(C(C)C)c(OC)cc1C(=O)CC(C)C. The van der Waals surface area contributed by atoms with Crippen LogP contribution in [0.15, 0.2) is 12.1 Å². The number of carbonyl (C=O) groups excluding carboxylic acids is 1. The minimum atomic E-state index is 0.0976. The zero-order valence-corrected chi connectivity index (χ0v) is 12.7. The summed E-state index contributed by atoms with van der Waals surface area (Å²) in [6, 6.07) is 3.72. The minimum absolute atomic E-state index is 0.0976. The van der Waals surface area contributed by atoms with Gasteiger partial charge in [-0.05, 0) is 24.0 Å². The van der Waals surface area contributed by atoms with E-state index in [1.54, 1.807) is 20.3 Å². The molecule has 19 heavy (non-hydrogen) atoms. The average molecular weight is 264 g/mol. The molecule has 0 fully saturated rings. The van der Waals surface area contributed by atoms with Gasteiger partial charge in [-0.1, -0.05) is 27.7 Å². The molecule has 0 saturated heterocycles. The fourth-order valence-corrected chi connectivity index (χ4v) is 2.07. The lowest BCUT2D eigenvalue weighted by Gasteiger charge is -2.16. The summed E-state index contributed by atoms with van der Waals surface area (Å²) in [6.07, 6.45) is 0.514. The number of Topliss-reactive ketones (excluding diaryl/α,β-unsaturated/α-hetero) is 1. The molecule has 0 unspecified atom stereocenters. The first-order valence-electron chi connectivity index (χ1n) is 6.69. The van der Waals surface area contributed by atoms with E-state index in [1.165, 1.54) is 0 Å². The molecular weight excluding hydrogens is 240 g/mol. The Morgan fingerprint density at radius 1 is 1.05 bits per heavy atom. The van der Waals surface area contributed by atoms with E-state index in [0.29, 0.717) is 29.6 Å². The number of hydrogen-bond donors (Lipinski definition) is 0. The predicted octanol–water partition coefficient (Wildman–Crippen LogP) is 4.06. The Morgan fingerprint density at radius 3 is 2.05 bits per heavy atom. The molecule has 1 aromatic rings. The lowest BCUT2D eigenvalue weighted by Crippen LogP contribution is -2.07. The number of hydrogen-bond acceptors (Lipinski definition) is 3. The van der Waals surface area contributed by atoms with Crippen molar-refractivity contribution in [2.45, 2.75) is 40.0 Å². The van der Waals surface area contributed by atoms with Crippen molar-refractivity contribution in [3.05, 3.63) is 23.3 Å². The number of ether oxygens (including phenoxy) is 2. The molecule has 0 bridgehead atoms. The highest BCUT2D eigenvalue weighted by molar-refractivity contribution is 5.99. The summed E-state index contributed by atoms with van der Waals surface area (Å²) in [5, 5.41) is 0. The Hall–Kier alpha value is -1.51. The van der Waals surface area contributed by atoms with Gasteiger partial charge in [-0.15, -0.1) is 0 Å². The van der Waals surface area contributed by atoms with Crippen LogP contribution >= 0.6 is 0 Å². The first-order chi connectivity index (χ1) is 8.90. The topological polar surface area (TPSA) is 35.5 Å². The second kappa shape index (κ2) is 6.60. The third-order valence-electron chi connectivity index (χ3n) is 3.07. The molecule has 1 aromatic carbocycles. The maximum Gasteiger partial charge on any atom is 0.166 e. The zero-order valence-electron chi connectivity index (χ0n) is 12.7. The number of rotatable bonds is 6. The first-order valence-corrected chi connectivity index (χ1v) is 6.69. The zero-order chi connectivity index (χ0) is 14.6. The molecule has 3 heteroatoms. The van der Waals surface area contributed by atoms with Gasteiger partial charge in [0.15, 0.2) is 5.78 Å². The summed E-state index contributed by atoms with van der Waals surface area (Å²) < 4.78 is 10.8. The van der Waals surface area contributed by atoms with Crippen LogP contribution in [0.3, 0.4) is 0 Å². The first kappa shape index (κ1) is 15.5. The molecule has 0 spiro atoms. The van der Waals surface area contributed by atoms with E-state index in [9.17, 15) is 4.79 Å². The standard InChI is InChI=1S/C16H24O3/c1-10(2)7-14(17)13-9-15(18-5)12(11(3)4)8-16(13)19-6/h8-11H,7H2,1-6H3. The van der Waals surface area contributed by atoms with Gasteiger partial charge in [0.25, 0.3) is 0 Å². The molecule has 0 heterocycles. The van der Waals surface area contributed by atoms with Gasteiger partial charge < -0.3 is 9.47 Å². The van der Waals surface area contributed by atoms with Crippen LogP contribution in [-0.4, -0.2) is 20.0 Å². The normalized spacial score (nSPS) is 10.9. The molecule has 3 nitrogen and oxygen atoms in total. The summed E-state index contributed by atoms with van der Waals surface area (Å²) in [6.45, 7) is 8.24. The Morgan fingerprint density at radius 2 is 1.63 bits per heavy atom. The third kappa shape index (κ3) is 3.72. The van der Waals surface area contributed by atoms with Crippen molar-refractivity contribution < 1.29 is 14.3 Å². The Labute approximate surface area is 115 Å². The lowest BCUT2D eigenvalue weighted by atomic mass is 9.95. The summed E-state index contributed by atoms with van der Waals surface area (Å²) in [7, 11) is 3.22. The van der Waals surface area contributed by atoms with E-state index in [1.807, 2.05) is 19.9 Å². The van der Waals surface area contributed by atoms with Gasteiger partial charge in [0, 0.05) is 12.0 Å². The quantitative estimate of drug-likeness (QED) is 0.727. The van der Waals surface area contributed by atoms with Crippen molar-refractivity contribution in [3.8, 4) is 11.5 Å². The van der Waals surface area contributed by atoms with Crippen LogP contribution in [0.5, 0.6) is 11.5 Å². The number of ketones is 1. The third-order valence-corrected chi connectivity index (χ3v) is 3.07. The largest absolute Gasteiger partial charge is 0.496 e. The summed E-state index contributed by atoms with van der Waals surface area (Å²) in [5.41, 5.74) is 1.66. The maximum atomic E-state index is 12.2. The molecule has 106 valence electrons. The van der Waals surface area contributed by atoms with Crippen LogP contribution in [0.1, 0.15) is 56.0 Å². The molecule has 0 N–H and O–H groups in total. The van der Waals surface area contributed by atoms with Crippen molar-refractivity contribution in [2.24, 2.45) is 5.92 Å². The van der Waals surface area contributed by atoms with Crippen LogP contribution < -0.4 is 9.47 Å². The molecule has 1 rings (SSSR count). The molecule has 0 saturated carbocycles. The molecule has 0 aliphatic heterocycles. The maximum absolute atomic E-state index is 12.2. The van der Waals surface area contributed by atoms with Gasteiger partial charge in [-0.3, -0.25) is 4.79 Å². The van der Waals surface area contributed by atoms with Crippen molar-refractivity contribution >= 4 is 5.78 Å². The van der Waals surface area contributed by atoms with Gasteiger partial charge in [-0.2, -0.15) is 0 Å². The second-order valence-electron chi connectivity index (χ2n) is 5.47. The van der Waals surface area contributed by atoms with Crippen LogP contribution in [0.4, 0.5) is 0 Å². The smallest absolute Gasteiger partial charge is 0.166 e. The Kier molecular flexibility index (Phi) is 5.40. The summed E-state index contributed by atoms with van der Waals surface area (Å²) in [5.74, 6) is 2.13. The van der Waals surface area contributed by atoms with E-state index >= 15 is 0 Å². The fraction of sp³-hybridized carbons (Fsp3) is 0.562. The highest BCUT2D eigenvalue weighted by Crippen LogP contribution is 2.34. The highest BCUT2D eigenvalue weighted by atomic mass is 16.5. The van der Waals surface area contributed by atoms with Crippen LogP contribution in [0.2, 0.25) is 0 Å². The molecule has 0 aliphatic rings. The van der Waals surface area contributed by atoms with E-state index in [0.717, 1.165) is 11.3 Å². The summed E-state index contributed by atoms with van der Waals surface area (Å²) in [4.78, 5) is 12.2. The van der Waals surface area contributed by atoms with Gasteiger partial charge >= 0.3 is 0 Å². The van der Waals surface area contributed by atoms with Crippen LogP contribution in [-0.2, 0) is 0 Å². The van der Waals surface area contributed by atoms with Crippen LogP contribution in [0.25, 0.3) is 0 Å². The van der Waals surface area contributed by atoms with Gasteiger partial charge in [-0.25, -0.2) is 0 Å². The highest BCUT2D eigenvalue weighted by Gasteiger charge is 2.19. The monoisotopic (exact) mass is 264 g/mol. The van der Waals surface area contributed by atoms with Crippen molar-refractivity contribution in [2.75, 3.05) is 14.2 Å². The molecule has 0 aliphatic carbocycles. The second-order valence-corrected chi connectivity index (χ2v) is 5.47. The number of carbonyl (C=O) groups is 1. The minimum Gasteiger partial charge on any atom is -0.496 e. The number of methoxy groups -OCH3 is 2. The Bertz CT molecular complexity index is 448. The van der Waals surface area contributed by atoms with Crippen molar-refractivity contribution in [3.63, 3.8) is 0 Å². The van der Waals surface area contributed by atoms with E-state index in [4.69, 9.17) is 9.47 Å². The molecule has 0 amide bonds. The summed E-state index contributed by atoms with van der Waals surface area (Å²) >= 11 is 0. The molecular formula is C16H24O3. The predicted molar refractivity (Wildman–Crippen MR) is 77.4 cm³/mol. The number of benzene rings is 1. The lowest BCUT2D eigenvalue weighted by molar-refractivity contribution is 0.0964. The van der Waals surface area contributed by atoms with Crippen molar-refractivity contribution in [1.82, 2.24) is 0 Å². The van der Waals surface area contributed by atoms with Gasteiger partial charge in [0.05, 0.1) is 19.8 Å². The average Bonchev–Trinajstić information content (AvgIpc) is 2.35. The van der Waals surface area contributed by atoms with Crippen molar-refractivity contribution in [1.29, 1.82) is 0 Å². The molecule has 0 atom stereocenters. The van der Waals surface area contributed by atoms with E-state index in [2.05, 4.69) is 13.8 Å². The van der Waals surface area contributed by atoms with Gasteiger partial charge in [0.2, 0.25) is 0 Å². The van der Waals surface area contributed by atoms with E-state index < -0.39 is 0 Å². The fourth-order valence-electron chi connectivity index (χ4n) is 2.07. The molecule has 0 aromatic heterocycles. The Balaban J connectivity index is 3.28. The van der Waals surface area contributed by atoms with E-state index in [-0.39, 0.29) is 5.78 Å². The molecule has 0 radical (unpaired) electrons.